The van der Waals surface area contributed by atoms with Gasteiger partial charge < -0.3 is 10.2 Å². The van der Waals surface area contributed by atoms with Crippen LogP contribution in [0, 0.1) is 5.82 Å². The minimum atomic E-state index is -4.04. The lowest BCUT2D eigenvalue weighted by Gasteiger charge is -2.34. The molecule has 12 heteroatoms. The van der Waals surface area contributed by atoms with Gasteiger partial charge in [-0.05, 0) is 49.2 Å². The molecule has 0 heterocycles. The molecule has 41 heavy (non-hydrogen) atoms. The number of nitrogens with zero attached hydrogens (tertiary/aromatic N) is 2. The maximum absolute atomic E-state index is 14.1. The third-order valence-corrected chi connectivity index (χ3v) is 8.67. The Hall–Kier alpha value is -2.85. The van der Waals surface area contributed by atoms with Crippen molar-refractivity contribution in [3.05, 3.63) is 98.7 Å². The van der Waals surface area contributed by atoms with Crippen LogP contribution >= 0.6 is 34.8 Å². The van der Waals surface area contributed by atoms with Crippen LogP contribution in [0.5, 0.6) is 0 Å². The van der Waals surface area contributed by atoms with E-state index >= 15 is 0 Å². The Balaban J connectivity index is 2.12. The molecule has 220 valence electrons. The van der Waals surface area contributed by atoms with Crippen LogP contribution in [0.3, 0.4) is 0 Å². The summed E-state index contributed by atoms with van der Waals surface area (Å²) in [5, 5.41) is 3.19. The molecule has 0 saturated carbocycles. The molecule has 0 bridgehead atoms. The van der Waals surface area contributed by atoms with E-state index < -0.39 is 40.2 Å². The molecule has 7 nitrogen and oxygen atoms in total. The smallest absolute Gasteiger partial charge is 0.244 e. The van der Waals surface area contributed by atoms with Crippen molar-refractivity contribution in [1.82, 2.24) is 10.2 Å². The van der Waals surface area contributed by atoms with Crippen molar-refractivity contribution in [3.63, 3.8) is 0 Å². The Morgan fingerprint density at radius 2 is 1.59 bits per heavy atom. The zero-order chi connectivity index (χ0) is 30.3. The number of hydrogen-bond acceptors (Lipinski definition) is 4. The minimum absolute atomic E-state index is 0.00774. The Bertz CT molecular complexity index is 1470. The van der Waals surface area contributed by atoms with Crippen LogP contribution < -0.4 is 9.62 Å². The molecular formula is C29H31Cl3FN3O4S. The normalized spacial score (nSPS) is 12.9. The van der Waals surface area contributed by atoms with Gasteiger partial charge in [0, 0.05) is 34.6 Å². The first-order valence-corrected chi connectivity index (χ1v) is 15.8. The number of rotatable bonds is 12. The standard InChI is InChI=1S/C29H31Cl3FN3O4S/c1-4-19(2)34-29(38)27(15-20-9-6-5-7-10-20)35(17-22-23(30)11-8-12-24(22)31)28(37)18-36(41(3,39)40)21-13-14-26(33)25(32)16-21/h5-14,16,19,27H,4,15,17-18H2,1-3H3,(H,34,38)/t19-,27+/m0/s1. The number of hydrogen-bond donors (Lipinski definition) is 1. The predicted octanol–water partition coefficient (Wildman–Crippen LogP) is 6.11. The van der Waals surface area contributed by atoms with Gasteiger partial charge in [-0.2, -0.15) is 0 Å². The molecule has 3 rings (SSSR count). The lowest BCUT2D eigenvalue weighted by Crippen LogP contribution is -2.54. The minimum Gasteiger partial charge on any atom is -0.352 e. The summed E-state index contributed by atoms with van der Waals surface area (Å²) < 4.78 is 40.3. The van der Waals surface area contributed by atoms with Crippen LogP contribution in [0.15, 0.2) is 66.7 Å². The quantitative estimate of drug-likeness (QED) is 0.259. The van der Waals surface area contributed by atoms with Crippen LogP contribution in [-0.4, -0.2) is 50.0 Å². The second-order valence-corrected chi connectivity index (χ2v) is 12.7. The fraction of sp³-hybridized carbons (Fsp3) is 0.310. The Kier molecular flexibility index (Phi) is 11.4. The third-order valence-electron chi connectivity index (χ3n) is 6.53. The summed E-state index contributed by atoms with van der Waals surface area (Å²) in [4.78, 5) is 29.1. The van der Waals surface area contributed by atoms with Gasteiger partial charge in [-0.15, -0.1) is 0 Å². The third kappa shape index (κ3) is 8.82. The molecule has 0 saturated heterocycles. The molecule has 0 aliphatic carbocycles. The molecule has 2 atom stereocenters. The van der Waals surface area contributed by atoms with E-state index in [4.69, 9.17) is 34.8 Å². The average Bonchev–Trinajstić information content (AvgIpc) is 2.92. The summed E-state index contributed by atoms with van der Waals surface area (Å²) in [5.41, 5.74) is 1.17. The second kappa shape index (κ2) is 14.4. The molecular weight excluding hydrogens is 612 g/mol. The molecule has 0 spiro atoms. The van der Waals surface area contributed by atoms with E-state index in [0.29, 0.717) is 12.0 Å². The van der Waals surface area contributed by atoms with Gasteiger partial charge in [0.2, 0.25) is 21.8 Å². The highest BCUT2D eigenvalue weighted by atomic mass is 35.5. The Morgan fingerprint density at radius 1 is 0.951 bits per heavy atom. The van der Waals surface area contributed by atoms with E-state index in [1.165, 1.54) is 11.0 Å². The average molecular weight is 643 g/mol. The zero-order valence-electron chi connectivity index (χ0n) is 22.8. The first kappa shape index (κ1) is 32.7. The highest BCUT2D eigenvalue weighted by molar-refractivity contribution is 7.92. The van der Waals surface area contributed by atoms with Gasteiger partial charge >= 0.3 is 0 Å². The number of benzene rings is 3. The van der Waals surface area contributed by atoms with Crippen molar-refractivity contribution in [3.8, 4) is 0 Å². The highest BCUT2D eigenvalue weighted by Crippen LogP contribution is 2.29. The molecule has 3 aromatic rings. The van der Waals surface area contributed by atoms with Gasteiger partial charge in [-0.1, -0.05) is 78.1 Å². The molecule has 0 unspecified atom stereocenters. The van der Waals surface area contributed by atoms with E-state index in [1.807, 2.05) is 44.2 Å². The number of carbonyl (C=O) groups excluding carboxylic acids is 2. The topological polar surface area (TPSA) is 86.8 Å². The van der Waals surface area contributed by atoms with E-state index in [1.54, 1.807) is 18.2 Å². The van der Waals surface area contributed by atoms with Crippen LogP contribution in [0.25, 0.3) is 0 Å². The van der Waals surface area contributed by atoms with Gasteiger partial charge in [0.1, 0.15) is 18.4 Å². The maximum Gasteiger partial charge on any atom is 0.244 e. The van der Waals surface area contributed by atoms with E-state index in [0.717, 1.165) is 28.3 Å². The van der Waals surface area contributed by atoms with Crippen molar-refractivity contribution >= 4 is 62.3 Å². The first-order valence-electron chi connectivity index (χ1n) is 12.8. The number of sulfonamides is 1. The van der Waals surface area contributed by atoms with Crippen molar-refractivity contribution in [1.29, 1.82) is 0 Å². The zero-order valence-corrected chi connectivity index (χ0v) is 25.9. The Morgan fingerprint density at radius 3 is 2.15 bits per heavy atom. The second-order valence-electron chi connectivity index (χ2n) is 9.61. The van der Waals surface area contributed by atoms with E-state index in [2.05, 4.69) is 5.32 Å². The largest absolute Gasteiger partial charge is 0.352 e. The van der Waals surface area contributed by atoms with Gasteiger partial charge in [-0.3, -0.25) is 13.9 Å². The molecule has 1 N–H and O–H groups in total. The lowest BCUT2D eigenvalue weighted by molar-refractivity contribution is -0.140. The summed E-state index contributed by atoms with van der Waals surface area (Å²) in [5.74, 6) is -1.86. The number of anilines is 1. The molecule has 0 radical (unpaired) electrons. The molecule has 2 amide bonds. The molecule has 3 aromatic carbocycles. The molecule has 0 aromatic heterocycles. The summed E-state index contributed by atoms with van der Waals surface area (Å²) in [7, 11) is -4.04. The van der Waals surface area contributed by atoms with Crippen LogP contribution in [-0.2, 0) is 32.6 Å². The number of nitrogens with one attached hydrogen (secondary N) is 1. The highest BCUT2D eigenvalue weighted by Gasteiger charge is 2.34. The van der Waals surface area contributed by atoms with Crippen molar-refractivity contribution in [2.45, 2.75) is 45.3 Å². The van der Waals surface area contributed by atoms with Gasteiger partial charge in [0.05, 0.1) is 17.0 Å². The van der Waals surface area contributed by atoms with E-state index in [-0.39, 0.29) is 39.8 Å². The van der Waals surface area contributed by atoms with Crippen molar-refractivity contribution < 1.29 is 22.4 Å². The number of carbonyl (C=O) groups is 2. The van der Waals surface area contributed by atoms with Gasteiger partial charge in [0.15, 0.2) is 0 Å². The van der Waals surface area contributed by atoms with Crippen LogP contribution in [0.2, 0.25) is 15.1 Å². The van der Waals surface area contributed by atoms with E-state index in [9.17, 15) is 22.4 Å². The monoisotopic (exact) mass is 641 g/mol. The summed E-state index contributed by atoms with van der Waals surface area (Å²) in [6.07, 6.45) is 1.71. The van der Waals surface area contributed by atoms with Gasteiger partial charge in [0.25, 0.3) is 0 Å². The Labute approximate surface area is 255 Å². The van der Waals surface area contributed by atoms with Crippen LogP contribution in [0.4, 0.5) is 10.1 Å². The SMILES string of the molecule is CC[C@H](C)NC(=O)[C@@H](Cc1ccccc1)N(Cc1c(Cl)cccc1Cl)C(=O)CN(c1ccc(F)c(Cl)c1)S(C)(=O)=O. The summed E-state index contributed by atoms with van der Waals surface area (Å²) in [6.45, 7) is 2.90. The first-order chi connectivity index (χ1) is 19.3. The van der Waals surface area contributed by atoms with Crippen molar-refractivity contribution in [2.24, 2.45) is 0 Å². The maximum atomic E-state index is 14.1. The molecule has 0 aliphatic rings. The summed E-state index contributed by atoms with van der Waals surface area (Å²) >= 11 is 18.8. The number of amides is 2. The number of halogens is 4. The lowest BCUT2D eigenvalue weighted by atomic mass is 10.0. The molecule has 0 aliphatic heterocycles. The fourth-order valence-electron chi connectivity index (χ4n) is 4.10. The molecule has 0 fully saturated rings. The summed E-state index contributed by atoms with van der Waals surface area (Å²) in [6, 6.07) is 16.1. The van der Waals surface area contributed by atoms with Crippen LogP contribution in [0.1, 0.15) is 31.4 Å². The van der Waals surface area contributed by atoms with Gasteiger partial charge in [-0.25, -0.2) is 12.8 Å². The van der Waals surface area contributed by atoms with Crippen molar-refractivity contribution in [2.75, 3.05) is 17.1 Å². The predicted molar refractivity (Wildman–Crippen MR) is 162 cm³/mol. The fourth-order valence-corrected chi connectivity index (χ4v) is 5.64.